The van der Waals surface area contributed by atoms with Crippen LogP contribution in [-0.2, 0) is 0 Å². The van der Waals surface area contributed by atoms with Gasteiger partial charge in [-0.2, -0.15) is 5.26 Å². The molecule has 132 valence electrons. The number of nitriles is 1. The van der Waals surface area contributed by atoms with Gasteiger partial charge in [0.05, 0.1) is 11.3 Å². The molecular formula is C20H18ClN3O2. The number of nitrogens with zero attached hydrogens (tertiary/aromatic N) is 3. The Morgan fingerprint density at radius 3 is 2.19 bits per heavy atom. The third-order valence-electron chi connectivity index (χ3n) is 4.52. The van der Waals surface area contributed by atoms with Gasteiger partial charge in [0.1, 0.15) is 6.07 Å². The topological polar surface area (TPSA) is 64.4 Å². The molecule has 5 nitrogen and oxygen atoms in total. The van der Waals surface area contributed by atoms with E-state index in [1.54, 1.807) is 47.4 Å². The van der Waals surface area contributed by atoms with Crippen LogP contribution in [0.5, 0.6) is 0 Å². The molecule has 0 bridgehead atoms. The molecule has 0 atom stereocenters. The van der Waals surface area contributed by atoms with E-state index in [1.807, 2.05) is 0 Å². The Morgan fingerprint density at radius 2 is 1.62 bits per heavy atom. The Bertz CT molecular complexity index is 879. The van der Waals surface area contributed by atoms with Crippen molar-refractivity contribution in [3.05, 3.63) is 64.2 Å². The Morgan fingerprint density at radius 1 is 1.00 bits per heavy atom. The van der Waals surface area contributed by atoms with Crippen molar-refractivity contribution in [1.29, 1.82) is 5.26 Å². The van der Waals surface area contributed by atoms with Crippen molar-refractivity contribution in [2.45, 2.75) is 6.92 Å². The van der Waals surface area contributed by atoms with Gasteiger partial charge in [-0.05, 0) is 49.4 Å². The first-order valence-corrected chi connectivity index (χ1v) is 8.72. The van der Waals surface area contributed by atoms with Gasteiger partial charge in [0.25, 0.3) is 5.91 Å². The van der Waals surface area contributed by atoms with E-state index in [0.29, 0.717) is 47.9 Å². The van der Waals surface area contributed by atoms with Crippen LogP contribution in [0.1, 0.15) is 33.2 Å². The van der Waals surface area contributed by atoms with Crippen LogP contribution in [0.25, 0.3) is 0 Å². The highest BCUT2D eigenvalue weighted by Gasteiger charge is 2.24. The molecule has 0 aromatic heterocycles. The number of hydrogen-bond donors (Lipinski definition) is 0. The minimum absolute atomic E-state index is 0.0284. The summed E-state index contributed by atoms with van der Waals surface area (Å²) < 4.78 is 0. The molecule has 2 aromatic rings. The highest BCUT2D eigenvalue weighted by molar-refractivity contribution is 6.30. The molecule has 1 fully saturated rings. The summed E-state index contributed by atoms with van der Waals surface area (Å²) in [6.45, 7) is 3.83. The molecule has 3 rings (SSSR count). The molecule has 0 radical (unpaired) electrons. The van der Waals surface area contributed by atoms with Crippen molar-refractivity contribution in [1.82, 2.24) is 4.90 Å². The van der Waals surface area contributed by atoms with Gasteiger partial charge in [-0.1, -0.05) is 11.6 Å². The average Bonchev–Trinajstić information content (AvgIpc) is 2.67. The Kier molecular flexibility index (Phi) is 5.24. The second-order valence-electron chi connectivity index (χ2n) is 6.19. The van der Waals surface area contributed by atoms with E-state index in [0.717, 1.165) is 5.69 Å². The number of rotatable bonds is 3. The quantitative estimate of drug-likeness (QED) is 0.780. The zero-order valence-corrected chi connectivity index (χ0v) is 15.2. The van der Waals surface area contributed by atoms with Crippen molar-refractivity contribution in [2.24, 2.45) is 0 Å². The van der Waals surface area contributed by atoms with Gasteiger partial charge >= 0.3 is 0 Å². The van der Waals surface area contributed by atoms with E-state index in [4.69, 9.17) is 11.6 Å². The van der Waals surface area contributed by atoms with Crippen LogP contribution >= 0.6 is 11.6 Å². The van der Waals surface area contributed by atoms with Gasteiger partial charge in [-0.3, -0.25) is 9.59 Å². The van der Waals surface area contributed by atoms with Gasteiger partial charge in [0.15, 0.2) is 5.78 Å². The highest BCUT2D eigenvalue weighted by atomic mass is 35.5. The molecule has 1 amide bonds. The van der Waals surface area contributed by atoms with Gasteiger partial charge in [-0.15, -0.1) is 0 Å². The van der Waals surface area contributed by atoms with E-state index in [1.165, 1.54) is 6.92 Å². The number of carbonyl (C=O) groups excluding carboxylic acids is 2. The van der Waals surface area contributed by atoms with Crippen molar-refractivity contribution >= 4 is 29.0 Å². The summed E-state index contributed by atoms with van der Waals surface area (Å²) in [6.07, 6.45) is 0. The van der Waals surface area contributed by atoms with Gasteiger partial charge in [0, 0.05) is 42.3 Å². The lowest BCUT2D eigenvalue weighted by atomic mass is 10.1. The smallest absolute Gasteiger partial charge is 0.253 e. The fourth-order valence-corrected chi connectivity index (χ4v) is 3.16. The molecular weight excluding hydrogens is 350 g/mol. The minimum Gasteiger partial charge on any atom is -0.367 e. The molecule has 0 spiro atoms. The molecule has 0 N–H and O–H groups in total. The number of anilines is 1. The lowest BCUT2D eigenvalue weighted by Crippen LogP contribution is -2.49. The third-order valence-corrected chi connectivity index (χ3v) is 4.78. The van der Waals surface area contributed by atoms with Crippen LogP contribution in [0.15, 0.2) is 42.5 Å². The first kappa shape index (κ1) is 18.0. The van der Waals surface area contributed by atoms with Crippen LogP contribution < -0.4 is 4.90 Å². The van der Waals surface area contributed by atoms with Crippen LogP contribution in [0, 0.1) is 11.3 Å². The van der Waals surface area contributed by atoms with Crippen LogP contribution in [0.2, 0.25) is 5.02 Å². The number of hydrogen-bond acceptors (Lipinski definition) is 4. The van der Waals surface area contributed by atoms with Gasteiger partial charge < -0.3 is 9.80 Å². The Labute approximate surface area is 157 Å². The standard InChI is InChI=1S/C20H18ClN3O2/c1-14(25)16-2-3-17(13-22)19(12-16)23-8-10-24(11-9-23)20(26)15-4-6-18(21)7-5-15/h2-7,12H,8-11H2,1H3. The number of ketones is 1. The molecule has 6 heteroatoms. The molecule has 0 saturated carbocycles. The molecule has 1 aliphatic heterocycles. The molecule has 1 aliphatic rings. The SMILES string of the molecule is CC(=O)c1ccc(C#N)c(N2CCN(C(=O)c3ccc(Cl)cc3)CC2)c1. The molecule has 0 unspecified atom stereocenters. The Balaban J connectivity index is 1.73. The summed E-state index contributed by atoms with van der Waals surface area (Å²) in [6, 6.07) is 14.1. The van der Waals surface area contributed by atoms with Crippen molar-refractivity contribution < 1.29 is 9.59 Å². The molecule has 1 saturated heterocycles. The zero-order valence-electron chi connectivity index (χ0n) is 14.4. The summed E-state index contributed by atoms with van der Waals surface area (Å²) in [5.74, 6) is -0.0633. The summed E-state index contributed by atoms with van der Waals surface area (Å²) in [4.78, 5) is 28.1. The van der Waals surface area contributed by atoms with E-state index in [2.05, 4.69) is 11.0 Å². The first-order chi connectivity index (χ1) is 12.5. The van der Waals surface area contributed by atoms with Crippen LogP contribution in [0.3, 0.4) is 0 Å². The predicted molar refractivity (Wildman–Crippen MR) is 101 cm³/mol. The van der Waals surface area contributed by atoms with E-state index < -0.39 is 0 Å². The highest BCUT2D eigenvalue weighted by Crippen LogP contribution is 2.24. The van der Waals surface area contributed by atoms with Crippen LogP contribution in [0.4, 0.5) is 5.69 Å². The normalized spacial score (nSPS) is 14.0. The summed E-state index contributed by atoms with van der Waals surface area (Å²) in [5.41, 5.74) is 2.48. The molecule has 26 heavy (non-hydrogen) atoms. The van der Waals surface area contributed by atoms with Gasteiger partial charge in [0.2, 0.25) is 0 Å². The number of benzene rings is 2. The number of carbonyl (C=O) groups is 2. The lowest BCUT2D eigenvalue weighted by Gasteiger charge is -2.36. The van der Waals surface area contributed by atoms with Crippen LogP contribution in [-0.4, -0.2) is 42.8 Å². The molecule has 0 aliphatic carbocycles. The van der Waals surface area contributed by atoms with Crippen molar-refractivity contribution in [3.8, 4) is 6.07 Å². The number of Topliss-reactive ketones (excluding diaryl/α,β-unsaturated/α-hetero) is 1. The average molecular weight is 368 g/mol. The van der Waals surface area contributed by atoms with E-state index >= 15 is 0 Å². The summed E-state index contributed by atoms with van der Waals surface area (Å²) in [5, 5.41) is 9.95. The fraction of sp³-hybridized carbons (Fsp3) is 0.250. The molecule has 2 aromatic carbocycles. The summed E-state index contributed by atoms with van der Waals surface area (Å²) >= 11 is 5.87. The maximum absolute atomic E-state index is 12.6. The monoisotopic (exact) mass is 367 g/mol. The van der Waals surface area contributed by atoms with E-state index in [-0.39, 0.29) is 11.7 Å². The third kappa shape index (κ3) is 3.71. The summed E-state index contributed by atoms with van der Waals surface area (Å²) in [7, 11) is 0. The first-order valence-electron chi connectivity index (χ1n) is 8.34. The largest absolute Gasteiger partial charge is 0.367 e. The maximum Gasteiger partial charge on any atom is 0.253 e. The van der Waals surface area contributed by atoms with Crippen molar-refractivity contribution in [2.75, 3.05) is 31.1 Å². The van der Waals surface area contributed by atoms with Crippen molar-refractivity contribution in [3.63, 3.8) is 0 Å². The lowest BCUT2D eigenvalue weighted by molar-refractivity contribution is 0.0746. The fourth-order valence-electron chi connectivity index (χ4n) is 3.03. The zero-order chi connectivity index (χ0) is 18.7. The predicted octanol–water partition coefficient (Wildman–Crippen LogP) is 3.38. The van der Waals surface area contributed by atoms with Gasteiger partial charge in [-0.25, -0.2) is 0 Å². The number of halogens is 1. The second kappa shape index (κ2) is 7.59. The number of amides is 1. The van der Waals surface area contributed by atoms with E-state index in [9.17, 15) is 14.9 Å². The minimum atomic E-state index is -0.0349. The maximum atomic E-state index is 12.6. The second-order valence-corrected chi connectivity index (χ2v) is 6.62. The number of piperazine rings is 1. The molecule has 1 heterocycles. The Hall–Kier alpha value is -2.84.